The van der Waals surface area contributed by atoms with Gasteiger partial charge in [-0.25, -0.2) is 14.7 Å². The summed E-state index contributed by atoms with van der Waals surface area (Å²) in [5, 5.41) is 11.1. The van der Waals surface area contributed by atoms with Crippen molar-refractivity contribution >= 4 is 5.97 Å². The number of aromatic nitrogens is 1. The summed E-state index contributed by atoms with van der Waals surface area (Å²) in [5.41, 5.74) is -0.462. The minimum absolute atomic E-state index is 0.188. The van der Waals surface area contributed by atoms with Gasteiger partial charge in [-0.3, -0.25) is 0 Å². The van der Waals surface area contributed by atoms with Gasteiger partial charge in [-0.15, -0.1) is 0 Å². The Morgan fingerprint density at radius 1 is 1.27 bits per heavy atom. The second-order valence-corrected chi connectivity index (χ2v) is 2.91. The summed E-state index contributed by atoms with van der Waals surface area (Å²) < 4.78 is 4.45. The maximum absolute atomic E-state index is 11.1. The minimum atomic E-state index is -1.30. The van der Waals surface area contributed by atoms with E-state index in [4.69, 9.17) is 5.11 Å². The van der Waals surface area contributed by atoms with Crippen LogP contribution >= 0.6 is 0 Å². The Labute approximate surface area is 83.9 Å². The SMILES string of the molecule is O=C(O)c1c(-c2ccccc2)[nH]oc1=O. The molecular weight excluding hydrogens is 198 g/mol. The number of benzene rings is 1. The Morgan fingerprint density at radius 3 is 2.53 bits per heavy atom. The number of carboxylic acid groups (broad SMARTS) is 1. The molecule has 5 heteroatoms. The summed E-state index contributed by atoms with van der Waals surface area (Å²) in [6, 6.07) is 8.65. The van der Waals surface area contributed by atoms with E-state index in [0.29, 0.717) is 5.56 Å². The van der Waals surface area contributed by atoms with Crippen molar-refractivity contribution in [2.75, 3.05) is 0 Å². The molecule has 15 heavy (non-hydrogen) atoms. The standard InChI is InChI=1S/C10H7NO4/c12-9(13)7-8(11-15-10(7)14)6-4-2-1-3-5-6/h1-5,11H,(H,12,13). The van der Waals surface area contributed by atoms with Crippen molar-refractivity contribution in [3.8, 4) is 11.3 Å². The molecule has 1 heterocycles. The molecule has 1 aromatic heterocycles. The molecule has 0 radical (unpaired) electrons. The minimum Gasteiger partial charge on any atom is -0.477 e. The second kappa shape index (κ2) is 3.45. The summed E-state index contributed by atoms with van der Waals surface area (Å²) in [6.07, 6.45) is 0. The lowest BCUT2D eigenvalue weighted by Crippen LogP contribution is -2.09. The lowest BCUT2D eigenvalue weighted by atomic mass is 10.1. The Bertz CT molecular complexity index is 538. The number of carbonyl (C=O) groups is 1. The molecule has 0 atom stereocenters. The number of hydrogen-bond acceptors (Lipinski definition) is 3. The Balaban J connectivity index is 2.65. The third-order valence-corrected chi connectivity index (χ3v) is 1.98. The summed E-state index contributed by atoms with van der Waals surface area (Å²) in [6.45, 7) is 0. The van der Waals surface area contributed by atoms with E-state index in [9.17, 15) is 9.59 Å². The van der Waals surface area contributed by atoms with E-state index < -0.39 is 11.6 Å². The Morgan fingerprint density at radius 2 is 1.93 bits per heavy atom. The lowest BCUT2D eigenvalue weighted by Gasteiger charge is -1.96. The number of aromatic carboxylic acids is 1. The van der Waals surface area contributed by atoms with Gasteiger partial charge in [0.1, 0.15) is 5.69 Å². The molecule has 0 aliphatic carbocycles. The number of nitrogens with one attached hydrogen (secondary N) is 1. The molecule has 1 aromatic carbocycles. The van der Waals surface area contributed by atoms with Crippen molar-refractivity contribution in [1.82, 2.24) is 5.16 Å². The highest BCUT2D eigenvalue weighted by atomic mass is 16.5. The lowest BCUT2D eigenvalue weighted by molar-refractivity contribution is 0.0695. The molecule has 0 fully saturated rings. The van der Waals surface area contributed by atoms with Crippen LogP contribution in [-0.4, -0.2) is 16.2 Å². The van der Waals surface area contributed by atoms with Crippen molar-refractivity contribution in [3.63, 3.8) is 0 Å². The maximum atomic E-state index is 11.1. The monoisotopic (exact) mass is 205 g/mol. The van der Waals surface area contributed by atoms with E-state index in [2.05, 4.69) is 9.68 Å². The van der Waals surface area contributed by atoms with Crippen LogP contribution in [0.1, 0.15) is 10.4 Å². The molecule has 0 unspecified atom stereocenters. The smallest absolute Gasteiger partial charge is 0.372 e. The first kappa shape index (κ1) is 9.26. The van der Waals surface area contributed by atoms with Crippen LogP contribution in [0, 0.1) is 0 Å². The molecule has 0 aliphatic rings. The first-order valence-electron chi connectivity index (χ1n) is 4.20. The zero-order valence-corrected chi connectivity index (χ0v) is 7.56. The van der Waals surface area contributed by atoms with Gasteiger partial charge in [0, 0.05) is 5.56 Å². The normalized spacial score (nSPS) is 10.1. The number of rotatable bonds is 2. The van der Waals surface area contributed by atoms with Gasteiger partial charge in [-0.05, 0) is 0 Å². The fourth-order valence-electron chi connectivity index (χ4n) is 1.30. The number of hydrogen-bond donors (Lipinski definition) is 2. The van der Waals surface area contributed by atoms with E-state index in [1.165, 1.54) is 0 Å². The van der Waals surface area contributed by atoms with Crippen LogP contribution < -0.4 is 5.63 Å². The van der Waals surface area contributed by atoms with E-state index in [1.54, 1.807) is 30.3 Å². The number of H-pyrrole nitrogens is 1. The van der Waals surface area contributed by atoms with Crippen LogP contribution in [0.25, 0.3) is 11.3 Å². The zero-order valence-electron chi connectivity index (χ0n) is 7.56. The van der Waals surface area contributed by atoms with Gasteiger partial charge in [0.2, 0.25) is 0 Å². The van der Waals surface area contributed by atoms with E-state index in [1.807, 2.05) is 0 Å². The van der Waals surface area contributed by atoms with Crippen molar-refractivity contribution in [2.45, 2.75) is 0 Å². The highest BCUT2D eigenvalue weighted by molar-refractivity contribution is 5.94. The van der Waals surface area contributed by atoms with Gasteiger partial charge in [-0.1, -0.05) is 30.3 Å². The Hall–Kier alpha value is -2.30. The van der Waals surface area contributed by atoms with Crippen LogP contribution in [0.15, 0.2) is 39.6 Å². The third-order valence-electron chi connectivity index (χ3n) is 1.98. The predicted octanol–water partition coefficient (Wildman–Crippen LogP) is 1.33. The van der Waals surface area contributed by atoms with Gasteiger partial charge < -0.3 is 9.63 Å². The van der Waals surface area contributed by atoms with E-state index in [0.717, 1.165) is 0 Å². The quantitative estimate of drug-likeness (QED) is 0.774. The van der Waals surface area contributed by atoms with Gasteiger partial charge in [0.15, 0.2) is 5.56 Å². The largest absolute Gasteiger partial charge is 0.477 e. The van der Waals surface area contributed by atoms with Crippen LogP contribution in [-0.2, 0) is 0 Å². The van der Waals surface area contributed by atoms with Gasteiger partial charge in [-0.2, -0.15) is 0 Å². The number of aromatic amines is 1. The van der Waals surface area contributed by atoms with Crippen molar-refractivity contribution in [1.29, 1.82) is 0 Å². The summed E-state index contributed by atoms with van der Waals surface area (Å²) in [4.78, 5) is 21.9. The van der Waals surface area contributed by atoms with E-state index >= 15 is 0 Å². The van der Waals surface area contributed by atoms with Crippen LogP contribution in [0.5, 0.6) is 0 Å². The van der Waals surface area contributed by atoms with Gasteiger partial charge in [0.05, 0.1) is 0 Å². The fourth-order valence-corrected chi connectivity index (χ4v) is 1.30. The van der Waals surface area contributed by atoms with Crippen molar-refractivity contribution in [2.24, 2.45) is 0 Å². The first-order chi connectivity index (χ1) is 7.20. The van der Waals surface area contributed by atoms with Crippen LogP contribution in [0.3, 0.4) is 0 Å². The Kier molecular flexibility index (Phi) is 2.13. The molecule has 2 rings (SSSR count). The maximum Gasteiger partial charge on any atom is 0.372 e. The number of carboxylic acids is 1. The summed E-state index contributed by atoms with van der Waals surface area (Å²) >= 11 is 0. The molecule has 2 aromatic rings. The average Bonchev–Trinajstić information content (AvgIpc) is 2.61. The van der Waals surface area contributed by atoms with Crippen LogP contribution in [0.4, 0.5) is 0 Å². The molecule has 0 spiro atoms. The highest BCUT2D eigenvalue weighted by Gasteiger charge is 2.19. The van der Waals surface area contributed by atoms with E-state index in [-0.39, 0.29) is 11.3 Å². The molecule has 0 saturated carbocycles. The topological polar surface area (TPSA) is 83.3 Å². The summed E-state index contributed by atoms with van der Waals surface area (Å²) in [7, 11) is 0. The van der Waals surface area contributed by atoms with Gasteiger partial charge in [0.25, 0.3) is 0 Å². The van der Waals surface area contributed by atoms with Gasteiger partial charge >= 0.3 is 11.6 Å². The molecule has 0 aliphatic heterocycles. The zero-order chi connectivity index (χ0) is 10.8. The molecule has 5 nitrogen and oxygen atoms in total. The molecule has 2 N–H and O–H groups in total. The second-order valence-electron chi connectivity index (χ2n) is 2.91. The van der Waals surface area contributed by atoms with Crippen LogP contribution in [0.2, 0.25) is 0 Å². The molecular formula is C10H7NO4. The average molecular weight is 205 g/mol. The first-order valence-corrected chi connectivity index (χ1v) is 4.20. The summed E-state index contributed by atoms with van der Waals surface area (Å²) in [5.74, 6) is -1.30. The highest BCUT2D eigenvalue weighted by Crippen LogP contribution is 2.18. The third kappa shape index (κ3) is 1.54. The molecule has 0 bridgehead atoms. The molecule has 0 saturated heterocycles. The molecule has 0 amide bonds. The van der Waals surface area contributed by atoms with Crippen molar-refractivity contribution in [3.05, 3.63) is 46.3 Å². The fraction of sp³-hybridized carbons (Fsp3) is 0. The van der Waals surface area contributed by atoms with Crippen molar-refractivity contribution < 1.29 is 14.4 Å². The predicted molar refractivity (Wildman–Crippen MR) is 51.7 cm³/mol. The molecule has 76 valence electrons.